The van der Waals surface area contributed by atoms with Gasteiger partial charge in [-0.25, -0.2) is 4.79 Å². The lowest BCUT2D eigenvalue weighted by Gasteiger charge is -2.14. The van der Waals surface area contributed by atoms with Crippen molar-refractivity contribution in [3.8, 4) is 0 Å². The molecule has 0 radical (unpaired) electrons. The SMILES string of the molecule is O=c1[nH]c(=O)n([C@H]2C[C@H](O)[C@@H](CBr)O2)cc1/C=C/Br. The monoisotopic (exact) mass is 394 g/mol. The van der Waals surface area contributed by atoms with Gasteiger partial charge in [-0.3, -0.25) is 14.3 Å². The first-order valence-corrected chi connectivity index (χ1v) is 7.62. The minimum Gasteiger partial charge on any atom is -0.390 e. The Morgan fingerprint density at radius 2 is 2.32 bits per heavy atom. The van der Waals surface area contributed by atoms with Crippen molar-refractivity contribution < 1.29 is 9.84 Å². The van der Waals surface area contributed by atoms with Crippen LogP contribution in [0.2, 0.25) is 0 Å². The van der Waals surface area contributed by atoms with Crippen molar-refractivity contribution in [1.82, 2.24) is 9.55 Å². The number of hydrogen-bond acceptors (Lipinski definition) is 4. The van der Waals surface area contributed by atoms with Gasteiger partial charge >= 0.3 is 5.69 Å². The molecule has 1 fully saturated rings. The number of alkyl halides is 1. The lowest BCUT2D eigenvalue weighted by Crippen LogP contribution is -2.33. The average Bonchev–Trinajstić information content (AvgIpc) is 2.74. The molecule has 0 aliphatic carbocycles. The van der Waals surface area contributed by atoms with E-state index in [1.807, 2.05) is 0 Å². The number of aliphatic hydroxyl groups is 1. The molecule has 3 atom stereocenters. The number of H-pyrrole nitrogens is 1. The molecule has 19 heavy (non-hydrogen) atoms. The second kappa shape index (κ2) is 6.17. The van der Waals surface area contributed by atoms with E-state index in [0.29, 0.717) is 17.3 Å². The quantitative estimate of drug-likeness (QED) is 0.746. The average molecular weight is 396 g/mol. The van der Waals surface area contributed by atoms with Crippen LogP contribution in [0.3, 0.4) is 0 Å². The van der Waals surface area contributed by atoms with Gasteiger partial charge in [-0.1, -0.05) is 31.9 Å². The summed E-state index contributed by atoms with van der Waals surface area (Å²) in [5.41, 5.74) is -0.687. The molecule has 1 aliphatic heterocycles. The van der Waals surface area contributed by atoms with E-state index in [2.05, 4.69) is 36.8 Å². The van der Waals surface area contributed by atoms with Gasteiger partial charge in [0, 0.05) is 17.9 Å². The normalized spacial score (nSPS) is 27.2. The van der Waals surface area contributed by atoms with Crippen LogP contribution >= 0.6 is 31.9 Å². The highest BCUT2D eigenvalue weighted by Gasteiger charge is 2.34. The molecule has 0 bridgehead atoms. The van der Waals surface area contributed by atoms with E-state index < -0.39 is 23.6 Å². The fraction of sp³-hybridized carbons (Fsp3) is 0.455. The molecule has 1 aliphatic rings. The van der Waals surface area contributed by atoms with E-state index >= 15 is 0 Å². The lowest BCUT2D eigenvalue weighted by molar-refractivity contribution is -0.00698. The van der Waals surface area contributed by atoms with Crippen LogP contribution in [-0.4, -0.2) is 32.2 Å². The van der Waals surface area contributed by atoms with Crippen LogP contribution < -0.4 is 11.2 Å². The number of aromatic amines is 1. The first kappa shape index (κ1) is 14.7. The maximum atomic E-state index is 11.8. The first-order valence-electron chi connectivity index (χ1n) is 5.58. The Hall–Kier alpha value is -0.700. The number of halogens is 2. The molecule has 2 heterocycles. The molecule has 8 heteroatoms. The molecular weight excluding hydrogens is 384 g/mol. The van der Waals surface area contributed by atoms with Gasteiger partial charge in [0.2, 0.25) is 0 Å². The van der Waals surface area contributed by atoms with E-state index in [-0.39, 0.29) is 6.10 Å². The van der Waals surface area contributed by atoms with Gasteiger partial charge in [0.05, 0.1) is 17.8 Å². The van der Waals surface area contributed by atoms with Gasteiger partial charge in [-0.2, -0.15) is 0 Å². The molecule has 0 spiro atoms. The third-order valence-corrected chi connectivity index (χ3v) is 3.81. The Kier molecular flexibility index (Phi) is 4.77. The van der Waals surface area contributed by atoms with Crippen molar-refractivity contribution in [2.75, 3.05) is 5.33 Å². The summed E-state index contributed by atoms with van der Waals surface area (Å²) in [4.78, 5) is 27.1. The van der Waals surface area contributed by atoms with Crippen LogP contribution in [-0.2, 0) is 4.74 Å². The molecular formula is C11H12Br2N2O4. The van der Waals surface area contributed by atoms with Crippen LogP contribution in [0, 0.1) is 0 Å². The summed E-state index contributed by atoms with van der Waals surface area (Å²) in [6.45, 7) is 0. The third kappa shape index (κ3) is 3.07. The number of aromatic nitrogens is 2. The topological polar surface area (TPSA) is 84.3 Å². The summed E-state index contributed by atoms with van der Waals surface area (Å²) in [5, 5.41) is 10.3. The highest BCUT2D eigenvalue weighted by Crippen LogP contribution is 2.28. The minimum atomic E-state index is -0.640. The van der Waals surface area contributed by atoms with Crippen molar-refractivity contribution in [1.29, 1.82) is 0 Å². The molecule has 0 aromatic carbocycles. The zero-order chi connectivity index (χ0) is 14.0. The standard InChI is InChI=1S/C11H12Br2N2O4/c12-2-1-6-5-15(11(18)14-10(6)17)9-3-7(16)8(4-13)19-9/h1-2,5,7-9,16H,3-4H2,(H,14,17,18)/b2-1+/t7-,8+,9+/m0/s1. The molecule has 2 N–H and O–H groups in total. The number of nitrogens with zero attached hydrogens (tertiary/aromatic N) is 1. The lowest BCUT2D eigenvalue weighted by atomic mass is 10.2. The molecule has 0 amide bonds. The summed E-state index contributed by atoms with van der Waals surface area (Å²) < 4.78 is 6.86. The second-order valence-electron chi connectivity index (χ2n) is 4.13. The second-order valence-corrected chi connectivity index (χ2v) is 5.31. The van der Waals surface area contributed by atoms with Crippen molar-refractivity contribution in [2.45, 2.75) is 24.9 Å². The molecule has 1 saturated heterocycles. The first-order chi connectivity index (χ1) is 9.06. The predicted molar refractivity (Wildman–Crippen MR) is 77.6 cm³/mol. The molecule has 1 aromatic heterocycles. The molecule has 2 rings (SSSR count). The highest BCUT2D eigenvalue weighted by molar-refractivity contribution is 9.11. The zero-order valence-electron chi connectivity index (χ0n) is 9.75. The molecule has 0 saturated carbocycles. The van der Waals surface area contributed by atoms with Gasteiger partial charge < -0.3 is 9.84 Å². The largest absolute Gasteiger partial charge is 0.390 e. The Morgan fingerprint density at radius 3 is 2.89 bits per heavy atom. The molecule has 104 valence electrons. The van der Waals surface area contributed by atoms with E-state index in [1.54, 1.807) is 0 Å². The Morgan fingerprint density at radius 1 is 1.58 bits per heavy atom. The molecule has 0 unspecified atom stereocenters. The predicted octanol–water partition coefficient (Wildman–Crippen LogP) is 0.945. The van der Waals surface area contributed by atoms with Gasteiger partial charge in [0.15, 0.2) is 0 Å². The van der Waals surface area contributed by atoms with Crippen LogP contribution in [0.4, 0.5) is 0 Å². The van der Waals surface area contributed by atoms with Gasteiger partial charge in [-0.15, -0.1) is 0 Å². The smallest absolute Gasteiger partial charge is 0.330 e. The third-order valence-electron chi connectivity index (χ3n) is 2.90. The van der Waals surface area contributed by atoms with Crippen LogP contribution in [0.5, 0.6) is 0 Å². The number of hydrogen-bond donors (Lipinski definition) is 2. The summed E-state index contributed by atoms with van der Waals surface area (Å²) in [6, 6.07) is 0. The fourth-order valence-electron chi connectivity index (χ4n) is 1.93. The van der Waals surface area contributed by atoms with E-state index in [0.717, 1.165) is 0 Å². The Labute approximate surface area is 125 Å². The van der Waals surface area contributed by atoms with Crippen LogP contribution in [0.15, 0.2) is 20.8 Å². The number of ether oxygens (including phenoxy) is 1. The van der Waals surface area contributed by atoms with Crippen LogP contribution in [0.25, 0.3) is 6.08 Å². The van der Waals surface area contributed by atoms with Crippen molar-refractivity contribution in [2.24, 2.45) is 0 Å². The van der Waals surface area contributed by atoms with Crippen molar-refractivity contribution >= 4 is 37.9 Å². The number of rotatable bonds is 3. The summed E-state index contributed by atoms with van der Waals surface area (Å²) in [5.74, 6) is 0. The summed E-state index contributed by atoms with van der Waals surface area (Å²) >= 11 is 6.32. The van der Waals surface area contributed by atoms with Gasteiger partial charge in [-0.05, 0) is 11.1 Å². The van der Waals surface area contributed by atoms with Crippen molar-refractivity contribution in [3.63, 3.8) is 0 Å². The highest BCUT2D eigenvalue weighted by atomic mass is 79.9. The zero-order valence-corrected chi connectivity index (χ0v) is 12.9. The maximum Gasteiger partial charge on any atom is 0.330 e. The minimum absolute atomic E-state index is 0.305. The summed E-state index contributed by atoms with van der Waals surface area (Å²) in [7, 11) is 0. The van der Waals surface area contributed by atoms with E-state index in [9.17, 15) is 14.7 Å². The number of nitrogens with one attached hydrogen (secondary N) is 1. The maximum absolute atomic E-state index is 11.8. The summed E-state index contributed by atoms with van der Waals surface area (Å²) in [6.07, 6.45) is 1.68. The molecule has 6 nitrogen and oxygen atoms in total. The van der Waals surface area contributed by atoms with E-state index in [4.69, 9.17) is 4.74 Å². The van der Waals surface area contributed by atoms with Crippen molar-refractivity contribution in [3.05, 3.63) is 37.6 Å². The molecule has 1 aromatic rings. The Balaban J connectivity index is 2.38. The fourth-order valence-corrected chi connectivity index (χ4v) is 2.80. The van der Waals surface area contributed by atoms with Crippen LogP contribution in [0.1, 0.15) is 18.2 Å². The van der Waals surface area contributed by atoms with Gasteiger partial charge in [0.1, 0.15) is 6.23 Å². The van der Waals surface area contributed by atoms with E-state index in [1.165, 1.54) is 21.8 Å². The number of aliphatic hydroxyl groups excluding tert-OH is 1. The van der Waals surface area contributed by atoms with Gasteiger partial charge in [0.25, 0.3) is 5.56 Å². The Bertz CT molecular complexity index is 595.